The maximum atomic E-state index is 12.4. The lowest BCUT2D eigenvalue weighted by Crippen LogP contribution is -2.16. The number of nitrogens with one attached hydrogen (secondary N) is 2. The number of hydrogen-bond acceptors (Lipinski definition) is 3. The number of anilines is 2. The fraction of sp³-hybridized carbons (Fsp3) is 0.143. The SMILES string of the molecule is CCNc1ncc(Br)cc1C(=O)Nc1ccc(Br)cc1Cl. The molecule has 1 heterocycles. The van der Waals surface area contributed by atoms with E-state index >= 15 is 0 Å². The molecule has 21 heavy (non-hydrogen) atoms. The number of aromatic nitrogens is 1. The van der Waals surface area contributed by atoms with Crippen LogP contribution in [0.25, 0.3) is 0 Å². The van der Waals surface area contributed by atoms with Gasteiger partial charge in [-0.05, 0) is 47.1 Å². The van der Waals surface area contributed by atoms with Crippen molar-refractivity contribution in [3.63, 3.8) is 0 Å². The van der Waals surface area contributed by atoms with Crippen molar-refractivity contribution in [2.75, 3.05) is 17.2 Å². The topological polar surface area (TPSA) is 54.0 Å². The second-order valence-electron chi connectivity index (χ2n) is 4.16. The predicted octanol–water partition coefficient (Wildman–Crippen LogP) is 4.94. The third-order valence-corrected chi connectivity index (χ3v) is 3.86. The van der Waals surface area contributed by atoms with Crippen molar-refractivity contribution in [3.05, 3.63) is 50.0 Å². The predicted molar refractivity (Wildman–Crippen MR) is 93.2 cm³/mol. The minimum absolute atomic E-state index is 0.274. The summed E-state index contributed by atoms with van der Waals surface area (Å²) in [6.07, 6.45) is 1.64. The van der Waals surface area contributed by atoms with Crippen LogP contribution in [0.15, 0.2) is 39.4 Å². The minimum atomic E-state index is -0.274. The molecule has 110 valence electrons. The lowest BCUT2D eigenvalue weighted by Gasteiger charge is -2.11. The van der Waals surface area contributed by atoms with Crippen molar-refractivity contribution in [1.29, 1.82) is 0 Å². The Hall–Kier alpha value is -1.11. The molecule has 0 unspecified atom stereocenters. The molecule has 7 heteroatoms. The largest absolute Gasteiger partial charge is 0.370 e. The van der Waals surface area contributed by atoms with Crippen LogP contribution >= 0.6 is 43.5 Å². The number of pyridine rings is 1. The van der Waals surface area contributed by atoms with Crippen LogP contribution in [0.5, 0.6) is 0 Å². The molecule has 4 nitrogen and oxygen atoms in total. The molecule has 0 aliphatic rings. The van der Waals surface area contributed by atoms with Crippen LogP contribution in [0.2, 0.25) is 5.02 Å². The van der Waals surface area contributed by atoms with E-state index in [1.54, 1.807) is 24.4 Å². The molecule has 0 saturated carbocycles. The van der Waals surface area contributed by atoms with E-state index in [4.69, 9.17) is 11.6 Å². The van der Waals surface area contributed by atoms with Gasteiger partial charge in [0.25, 0.3) is 5.91 Å². The van der Waals surface area contributed by atoms with E-state index in [-0.39, 0.29) is 5.91 Å². The smallest absolute Gasteiger partial charge is 0.259 e. The number of benzene rings is 1. The summed E-state index contributed by atoms with van der Waals surface area (Å²) >= 11 is 12.8. The fourth-order valence-electron chi connectivity index (χ4n) is 1.70. The van der Waals surface area contributed by atoms with E-state index in [9.17, 15) is 4.79 Å². The summed E-state index contributed by atoms with van der Waals surface area (Å²) in [4.78, 5) is 16.6. The number of nitrogens with zero attached hydrogens (tertiary/aromatic N) is 1. The van der Waals surface area contributed by atoms with Gasteiger partial charge in [0.15, 0.2) is 0 Å². The molecule has 2 rings (SSSR count). The lowest BCUT2D eigenvalue weighted by atomic mass is 10.2. The summed E-state index contributed by atoms with van der Waals surface area (Å²) in [5.41, 5.74) is 0.998. The van der Waals surface area contributed by atoms with Crippen LogP contribution < -0.4 is 10.6 Å². The molecular formula is C14H12Br2ClN3O. The zero-order valence-corrected chi connectivity index (χ0v) is 15.0. The van der Waals surface area contributed by atoms with Crippen molar-refractivity contribution in [3.8, 4) is 0 Å². The highest BCUT2D eigenvalue weighted by Gasteiger charge is 2.14. The first-order valence-electron chi connectivity index (χ1n) is 6.17. The van der Waals surface area contributed by atoms with Crippen molar-refractivity contribution in [2.24, 2.45) is 0 Å². The van der Waals surface area contributed by atoms with E-state index in [1.165, 1.54) is 0 Å². The highest BCUT2D eigenvalue weighted by Crippen LogP contribution is 2.27. The zero-order valence-electron chi connectivity index (χ0n) is 11.1. The summed E-state index contributed by atoms with van der Waals surface area (Å²) in [6, 6.07) is 6.99. The van der Waals surface area contributed by atoms with Crippen LogP contribution in [0.4, 0.5) is 11.5 Å². The Morgan fingerprint density at radius 2 is 2.05 bits per heavy atom. The van der Waals surface area contributed by atoms with Crippen molar-refractivity contribution in [2.45, 2.75) is 6.92 Å². The van der Waals surface area contributed by atoms with Gasteiger partial charge in [-0.1, -0.05) is 27.5 Å². The van der Waals surface area contributed by atoms with Crippen LogP contribution in [0.3, 0.4) is 0 Å². The first-order valence-corrected chi connectivity index (χ1v) is 8.13. The van der Waals surface area contributed by atoms with Crippen molar-refractivity contribution >= 4 is 60.9 Å². The number of halogens is 3. The third kappa shape index (κ3) is 4.18. The zero-order chi connectivity index (χ0) is 15.4. The van der Waals surface area contributed by atoms with Gasteiger partial charge in [-0.3, -0.25) is 4.79 Å². The number of rotatable bonds is 4. The van der Waals surface area contributed by atoms with Gasteiger partial charge < -0.3 is 10.6 Å². The highest BCUT2D eigenvalue weighted by molar-refractivity contribution is 9.10. The van der Waals surface area contributed by atoms with Gasteiger partial charge in [0.1, 0.15) is 5.82 Å². The maximum absolute atomic E-state index is 12.4. The van der Waals surface area contributed by atoms with E-state index < -0.39 is 0 Å². The molecule has 0 radical (unpaired) electrons. The summed E-state index contributed by atoms with van der Waals surface area (Å²) in [5, 5.41) is 6.31. The van der Waals surface area contributed by atoms with Crippen molar-refractivity contribution < 1.29 is 4.79 Å². The van der Waals surface area contributed by atoms with Gasteiger partial charge >= 0.3 is 0 Å². The molecule has 0 aliphatic heterocycles. The van der Waals surface area contributed by atoms with Crippen LogP contribution in [-0.4, -0.2) is 17.4 Å². The minimum Gasteiger partial charge on any atom is -0.370 e. The lowest BCUT2D eigenvalue weighted by molar-refractivity contribution is 0.102. The van der Waals surface area contributed by atoms with Crippen molar-refractivity contribution in [1.82, 2.24) is 4.98 Å². The Morgan fingerprint density at radius 3 is 2.71 bits per heavy atom. The molecule has 1 aromatic carbocycles. The fourth-order valence-corrected chi connectivity index (χ4v) is 2.75. The molecule has 1 aromatic heterocycles. The molecule has 0 fully saturated rings. The van der Waals surface area contributed by atoms with Gasteiger partial charge in [-0.15, -0.1) is 0 Å². The van der Waals surface area contributed by atoms with Gasteiger partial charge in [0.05, 0.1) is 16.3 Å². The van der Waals surface area contributed by atoms with E-state index in [1.807, 2.05) is 13.0 Å². The average molecular weight is 434 g/mol. The Balaban J connectivity index is 2.29. The first-order chi connectivity index (χ1) is 10.0. The van der Waals surface area contributed by atoms with Gasteiger partial charge in [-0.2, -0.15) is 0 Å². The quantitative estimate of drug-likeness (QED) is 0.718. The Bertz CT molecular complexity index is 679. The Kier molecular flexibility index (Phi) is 5.61. The normalized spacial score (nSPS) is 10.3. The summed E-state index contributed by atoms with van der Waals surface area (Å²) < 4.78 is 1.58. The summed E-state index contributed by atoms with van der Waals surface area (Å²) in [6.45, 7) is 2.62. The molecule has 2 aromatic rings. The average Bonchev–Trinajstić information content (AvgIpc) is 2.44. The number of carbonyl (C=O) groups excluding carboxylic acids is 1. The molecule has 0 bridgehead atoms. The number of hydrogen-bond donors (Lipinski definition) is 2. The first kappa shape index (κ1) is 16.3. The highest BCUT2D eigenvalue weighted by atomic mass is 79.9. The maximum Gasteiger partial charge on any atom is 0.259 e. The second-order valence-corrected chi connectivity index (χ2v) is 6.40. The van der Waals surface area contributed by atoms with Gasteiger partial charge in [0, 0.05) is 21.7 Å². The van der Waals surface area contributed by atoms with E-state index in [0.717, 1.165) is 8.95 Å². The van der Waals surface area contributed by atoms with Crippen LogP contribution in [-0.2, 0) is 0 Å². The number of amides is 1. The molecule has 0 saturated heterocycles. The standard InChI is InChI=1S/C14H12Br2ClN3O/c1-2-18-13-10(5-9(16)7-19-13)14(21)20-12-4-3-8(15)6-11(12)17/h3-7H,2H2,1H3,(H,18,19)(H,20,21). The second kappa shape index (κ2) is 7.24. The van der Waals surface area contributed by atoms with E-state index in [2.05, 4.69) is 47.5 Å². The number of carbonyl (C=O) groups is 1. The summed E-state index contributed by atoms with van der Waals surface area (Å²) in [5.74, 6) is 0.260. The van der Waals surface area contributed by atoms with Gasteiger partial charge in [-0.25, -0.2) is 4.98 Å². The molecule has 0 aliphatic carbocycles. The molecule has 1 amide bonds. The van der Waals surface area contributed by atoms with Crippen LogP contribution in [0.1, 0.15) is 17.3 Å². The molecular weight excluding hydrogens is 421 g/mol. The van der Waals surface area contributed by atoms with Crippen LogP contribution in [0, 0.1) is 0 Å². The Labute approximate surface area is 144 Å². The Morgan fingerprint density at radius 1 is 1.29 bits per heavy atom. The molecule has 0 spiro atoms. The van der Waals surface area contributed by atoms with E-state index in [0.29, 0.717) is 28.6 Å². The third-order valence-electron chi connectivity index (χ3n) is 2.62. The van der Waals surface area contributed by atoms with Gasteiger partial charge in [0.2, 0.25) is 0 Å². The monoisotopic (exact) mass is 431 g/mol. The molecule has 2 N–H and O–H groups in total. The summed E-state index contributed by atoms with van der Waals surface area (Å²) in [7, 11) is 0. The molecule has 0 atom stereocenters.